The van der Waals surface area contributed by atoms with Gasteiger partial charge in [0.25, 0.3) is 0 Å². The van der Waals surface area contributed by atoms with Gasteiger partial charge in [-0.2, -0.15) is 0 Å². The third-order valence-corrected chi connectivity index (χ3v) is 6.24. The van der Waals surface area contributed by atoms with E-state index in [2.05, 4.69) is 21.6 Å². The molecular formula is C17H21N3O2S2. The number of hydrogen-bond donors (Lipinski definition) is 1. The Morgan fingerprint density at radius 3 is 2.67 bits per heavy atom. The van der Waals surface area contributed by atoms with E-state index in [9.17, 15) is 8.42 Å². The van der Waals surface area contributed by atoms with Crippen LogP contribution in [0.25, 0.3) is 21.1 Å². The monoisotopic (exact) mass is 363 g/mol. The molecule has 0 fully saturated rings. The van der Waals surface area contributed by atoms with Crippen LogP contribution in [0.5, 0.6) is 0 Å². The van der Waals surface area contributed by atoms with Crippen LogP contribution in [-0.4, -0.2) is 24.1 Å². The zero-order valence-corrected chi connectivity index (χ0v) is 15.5. The third kappa shape index (κ3) is 3.52. The molecule has 0 saturated heterocycles. The molecule has 0 spiro atoms. The van der Waals surface area contributed by atoms with E-state index in [1.54, 1.807) is 11.3 Å². The summed E-state index contributed by atoms with van der Waals surface area (Å²) in [4.78, 5) is 9.17. The average Bonchev–Trinajstić information content (AvgIpc) is 2.98. The molecule has 128 valence electrons. The van der Waals surface area contributed by atoms with Gasteiger partial charge in [0, 0.05) is 5.39 Å². The minimum atomic E-state index is -3.41. The number of thiazole rings is 1. The summed E-state index contributed by atoms with van der Waals surface area (Å²) in [6.07, 6.45) is 3.35. The standard InChI is InChI=1S/C17H21N3O2S2/c1-3-5-11-24(21,22)20-17-15-16(23-14(19-15)8-4-2)12-9-6-7-10-13(12)18-17/h6-7,9-10H,3-5,8,11H2,1-2H3,(H,18,20). The van der Waals surface area contributed by atoms with Crippen molar-refractivity contribution in [3.05, 3.63) is 29.3 Å². The van der Waals surface area contributed by atoms with Crippen LogP contribution in [0.3, 0.4) is 0 Å². The van der Waals surface area contributed by atoms with Crippen LogP contribution in [0.15, 0.2) is 24.3 Å². The van der Waals surface area contributed by atoms with Crippen molar-refractivity contribution in [3.8, 4) is 0 Å². The van der Waals surface area contributed by atoms with Gasteiger partial charge < -0.3 is 0 Å². The van der Waals surface area contributed by atoms with Gasteiger partial charge in [-0.1, -0.05) is 38.5 Å². The fourth-order valence-electron chi connectivity index (χ4n) is 2.57. The van der Waals surface area contributed by atoms with Crippen LogP contribution >= 0.6 is 11.3 Å². The summed E-state index contributed by atoms with van der Waals surface area (Å²) < 4.78 is 28.2. The minimum absolute atomic E-state index is 0.103. The normalized spacial score (nSPS) is 12.1. The Hall–Kier alpha value is -1.73. The molecule has 0 amide bonds. The van der Waals surface area contributed by atoms with E-state index in [1.165, 1.54) is 0 Å². The molecule has 3 aromatic rings. The number of anilines is 1. The Morgan fingerprint density at radius 2 is 1.92 bits per heavy atom. The molecule has 0 radical (unpaired) electrons. The molecule has 7 heteroatoms. The Bertz CT molecular complexity index is 965. The van der Waals surface area contributed by atoms with Crippen LogP contribution in [0.1, 0.15) is 38.1 Å². The van der Waals surface area contributed by atoms with E-state index >= 15 is 0 Å². The number of nitrogens with one attached hydrogen (secondary N) is 1. The lowest BCUT2D eigenvalue weighted by Gasteiger charge is -2.09. The van der Waals surface area contributed by atoms with Crippen LogP contribution in [0, 0.1) is 0 Å². The van der Waals surface area contributed by atoms with Gasteiger partial charge in [0.1, 0.15) is 5.52 Å². The molecule has 0 aliphatic rings. The first-order valence-corrected chi connectivity index (χ1v) is 10.7. The molecule has 1 N–H and O–H groups in total. The minimum Gasteiger partial charge on any atom is -0.265 e. The van der Waals surface area contributed by atoms with Crippen molar-refractivity contribution in [3.63, 3.8) is 0 Å². The van der Waals surface area contributed by atoms with Gasteiger partial charge in [0.05, 0.1) is 21.0 Å². The summed E-state index contributed by atoms with van der Waals surface area (Å²) in [7, 11) is -3.41. The van der Waals surface area contributed by atoms with E-state index in [0.29, 0.717) is 17.8 Å². The fourth-order valence-corrected chi connectivity index (χ4v) is 4.98. The molecule has 24 heavy (non-hydrogen) atoms. The van der Waals surface area contributed by atoms with E-state index in [0.717, 1.165) is 39.9 Å². The highest BCUT2D eigenvalue weighted by Gasteiger charge is 2.18. The van der Waals surface area contributed by atoms with E-state index in [1.807, 2.05) is 31.2 Å². The zero-order valence-electron chi connectivity index (χ0n) is 13.9. The number of benzene rings is 1. The predicted molar refractivity (Wildman–Crippen MR) is 101 cm³/mol. The molecule has 0 bridgehead atoms. The van der Waals surface area contributed by atoms with Gasteiger partial charge in [0.15, 0.2) is 5.82 Å². The van der Waals surface area contributed by atoms with Crippen molar-refractivity contribution < 1.29 is 8.42 Å². The largest absolute Gasteiger partial charge is 0.265 e. The van der Waals surface area contributed by atoms with E-state index in [4.69, 9.17) is 0 Å². The Morgan fingerprint density at radius 1 is 1.12 bits per heavy atom. The van der Waals surface area contributed by atoms with Gasteiger partial charge in [0.2, 0.25) is 10.0 Å². The maximum absolute atomic E-state index is 12.3. The lowest BCUT2D eigenvalue weighted by atomic mass is 10.2. The number of fused-ring (bicyclic) bond motifs is 3. The highest BCUT2D eigenvalue weighted by molar-refractivity contribution is 7.92. The average molecular weight is 364 g/mol. The van der Waals surface area contributed by atoms with Crippen molar-refractivity contribution in [2.45, 2.75) is 39.5 Å². The molecule has 2 heterocycles. The summed E-state index contributed by atoms with van der Waals surface area (Å²) in [6, 6.07) is 7.78. The first-order chi connectivity index (χ1) is 11.5. The number of sulfonamides is 1. The highest BCUT2D eigenvalue weighted by atomic mass is 32.2. The van der Waals surface area contributed by atoms with Gasteiger partial charge in [-0.3, -0.25) is 4.72 Å². The summed E-state index contributed by atoms with van der Waals surface area (Å²) >= 11 is 1.62. The number of hydrogen-bond acceptors (Lipinski definition) is 5. The highest BCUT2D eigenvalue weighted by Crippen LogP contribution is 2.34. The molecule has 0 saturated carbocycles. The first-order valence-electron chi connectivity index (χ1n) is 8.22. The van der Waals surface area contributed by atoms with E-state index in [-0.39, 0.29) is 5.75 Å². The number of nitrogens with zero attached hydrogens (tertiary/aromatic N) is 2. The molecule has 0 unspecified atom stereocenters. The van der Waals surface area contributed by atoms with Gasteiger partial charge in [-0.15, -0.1) is 11.3 Å². The number of rotatable bonds is 7. The van der Waals surface area contributed by atoms with Crippen molar-refractivity contribution in [2.24, 2.45) is 0 Å². The smallest absolute Gasteiger partial charge is 0.233 e. The number of pyridine rings is 1. The first kappa shape index (κ1) is 17.1. The second-order valence-electron chi connectivity index (χ2n) is 5.79. The molecule has 0 aliphatic heterocycles. The lowest BCUT2D eigenvalue weighted by Crippen LogP contribution is -2.17. The maximum atomic E-state index is 12.3. The molecule has 3 rings (SSSR count). The van der Waals surface area contributed by atoms with Gasteiger partial charge in [-0.05, 0) is 25.3 Å². The Balaban J connectivity index is 2.14. The summed E-state index contributed by atoms with van der Waals surface area (Å²) in [5, 5.41) is 2.03. The summed E-state index contributed by atoms with van der Waals surface area (Å²) in [5.41, 5.74) is 1.44. The van der Waals surface area contributed by atoms with Crippen molar-refractivity contribution in [1.82, 2.24) is 9.97 Å². The Kier molecular flexibility index (Phi) is 5.01. The molecular weight excluding hydrogens is 342 g/mol. The second kappa shape index (κ2) is 7.03. The molecule has 0 atom stereocenters. The molecule has 2 aromatic heterocycles. The summed E-state index contributed by atoms with van der Waals surface area (Å²) in [6.45, 7) is 4.08. The van der Waals surface area contributed by atoms with Crippen LogP contribution in [0.2, 0.25) is 0 Å². The van der Waals surface area contributed by atoms with Crippen molar-refractivity contribution in [1.29, 1.82) is 0 Å². The third-order valence-electron chi connectivity index (χ3n) is 3.76. The quantitative estimate of drug-likeness (QED) is 0.678. The second-order valence-corrected chi connectivity index (χ2v) is 8.71. The van der Waals surface area contributed by atoms with Gasteiger partial charge >= 0.3 is 0 Å². The van der Waals surface area contributed by atoms with Crippen LogP contribution in [0.4, 0.5) is 5.82 Å². The van der Waals surface area contributed by atoms with Gasteiger partial charge in [-0.25, -0.2) is 18.4 Å². The van der Waals surface area contributed by atoms with Crippen LogP contribution in [-0.2, 0) is 16.4 Å². The number of para-hydroxylation sites is 1. The number of aryl methyl sites for hydroxylation is 1. The maximum Gasteiger partial charge on any atom is 0.233 e. The molecule has 0 aliphatic carbocycles. The predicted octanol–water partition coefficient (Wildman–Crippen LogP) is 4.34. The lowest BCUT2D eigenvalue weighted by molar-refractivity contribution is 0.597. The zero-order chi connectivity index (χ0) is 17.2. The number of aromatic nitrogens is 2. The number of unbranched alkanes of at least 4 members (excludes halogenated alkanes) is 1. The Labute approximate surface area is 146 Å². The SMILES string of the molecule is CCCCS(=O)(=O)Nc1nc2ccccc2c2sc(CCC)nc12. The van der Waals surface area contributed by atoms with E-state index < -0.39 is 10.0 Å². The fraction of sp³-hybridized carbons (Fsp3) is 0.412. The summed E-state index contributed by atoms with van der Waals surface area (Å²) in [5.74, 6) is 0.448. The van der Waals surface area contributed by atoms with Crippen molar-refractivity contribution >= 4 is 48.3 Å². The van der Waals surface area contributed by atoms with Crippen LogP contribution < -0.4 is 4.72 Å². The van der Waals surface area contributed by atoms with Crippen molar-refractivity contribution in [2.75, 3.05) is 10.5 Å². The molecule has 1 aromatic carbocycles. The topological polar surface area (TPSA) is 72.0 Å². The molecule has 5 nitrogen and oxygen atoms in total.